The molecule has 0 atom stereocenters. The average Bonchev–Trinajstić information content (AvgIpc) is 2.42. The van der Waals surface area contributed by atoms with Gasteiger partial charge in [-0.3, -0.25) is 4.79 Å². The first kappa shape index (κ1) is 15.8. The number of ether oxygens (including phenoxy) is 1. The Bertz CT molecular complexity index is 493. The molecule has 0 unspecified atom stereocenters. The van der Waals surface area contributed by atoms with Gasteiger partial charge in [-0.15, -0.1) is 0 Å². The molecule has 4 heteroatoms. The minimum absolute atomic E-state index is 0.149. The Morgan fingerprint density at radius 3 is 2.71 bits per heavy atom. The Labute approximate surface area is 126 Å². The van der Waals surface area contributed by atoms with Gasteiger partial charge in [-0.2, -0.15) is 0 Å². The van der Waals surface area contributed by atoms with Crippen LogP contribution >= 0.6 is 0 Å². The van der Waals surface area contributed by atoms with Gasteiger partial charge < -0.3 is 15.2 Å². The largest absolute Gasteiger partial charge is 0.492 e. The van der Waals surface area contributed by atoms with Gasteiger partial charge in [-0.1, -0.05) is 25.3 Å². The number of hydrogen-bond acceptors (Lipinski definition) is 3. The molecule has 0 spiro atoms. The lowest BCUT2D eigenvalue weighted by Crippen LogP contribution is -2.35. The van der Waals surface area contributed by atoms with E-state index < -0.39 is 5.60 Å². The Balaban J connectivity index is 2.02. The van der Waals surface area contributed by atoms with Crippen LogP contribution in [0.5, 0.6) is 5.75 Å². The van der Waals surface area contributed by atoms with Crippen LogP contribution in [0.2, 0.25) is 0 Å². The highest BCUT2D eigenvalue weighted by atomic mass is 16.5. The molecule has 1 aliphatic rings. The zero-order valence-electron chi connectivity index (χ0n) is 12.9. The van der Waals surface area contributed by atoms with Crippen molar-refractivity contribution in [3.8, 4) is 5.75 Å². The molecule has 0 heterocycles. The van der Waals surface area contributed by atoms with Crippen molar-refractivity contribution in [2.75, 3.05) is 11.9 Å². The van der Waals surface area contributed by atoms with E-state index in [0.29, 0.717) is 30.9 Å². The maximum Gasteiger partial charge on any atom is 0.227 e. The topological polar surface area (TPSA) is 58.6 Å². The second kappa shape index (κ2) is 6.94. The monoisotopic (exact) mass is 291 g/mol. The molecule has 4 nitrogen and oxygen atoms in total. The summed E-state index contributed by atoms with van der Waals surface area (Å²) in [5, 5.41) is 13.3. The van der Waals surface area contributed by atoms with Crippen molar-refractivity contribution < 1.29 is 14.6 Å². The molecule has 116 valence electrons. The lowest BCUT2D eigenvalue weighted by molar-refractivity contribution is -0.122. The van der Waals surface area contributed by atoms with Crippen LogP contribution in [-0.2, 0) is 4.79 Å². The molecule has 0 bridgehead atoms. The summed E-state index contributed by atoms with van der Waals surface area (Å²) < 4.78 is 5.56. The van der Waals surface area contributed by atoms with E-state index >= 15 is 0 Å². The molecule has 1 fully saturated rings. The summed E-state index contributed by atoms with van der Waals surface area (Å²) >= 11 is 0. The van der Waals surface area contributed by atoms with E-state index in [1.165, 1.54) is 0 Å². The minimum atomic E-state index is -0.835. The molecular formula is C17H25NO3. The van der Waals surface area contributed by atoms with Crippen LogP contribution in [0.15, 0.2) is 18.2 Å². The first-order valence-electron chi connectivity index (χ1n) is 7.78. The van der Waals surface area contributed by atoms with Crippen LogP contribution in [0, 0.1) is 6.92 Å². The lowest BCUT2D eigenvalue weighted by Gasteiger charge is -2.31. The third kappa shape index (κ3) is 4.46. The minimum Gasteiger partial charge on any atom is -0.492 e. The number of nitrogens with one attached hydrogen (secondary N) is 1. The van der Waals surface area contributed by atoms with Crippen molar-refractivity contribution in [3.05, 3.63) is 23.8 Å². The van der Waals surface area contributed by atoms with Crippen LogP contribution in [0.4, 0.5) is 5.69 Å². The molecule has 1 aromatic rings. The molecule has 2 rings (SSSR count). The summed E-state index contributed by atoms with van der Waals surface area (Å²) in [6.07, 6.45) is 4.74. The zero-order chi connectivity index (χ0) is 15.3. The number of aliphatic hydroxyl groups is 1. The predicted molar refractivity (Wildman–Crippen MR) is 83.6 cm³/mol. The van der Waals surface area contributed by atoms with Crippen LogP contribution in [0.25, 0.3) is 0 Å². The van der Waals surface area contributed by atoms with Gasteiger partial charge >= 0.3 is 0 Å². The second-order valence-electron chi connectivity index (χ2n) is 5.94. The Morgan fingerprint density at radius 2 is 2.05 bits per heavy atom. The smallest absolute Gasteiger partial charge is 0.227 e. The number of anilines is 1. The van der Waals surface area contributed by atoms with Crippen molar-refractivity contribution in [2.24, 2.45) is 0 Å². The zero-order valence-corrected chi connectivity index (χ0v) is 12.9. The molecule has 1 saturated carbocycles. The van der Waals surface area contributed by atoms with Crippen molar-refractivity contribution in [2.45, 2.75) is 58.0 Å². The van der Waals surface area contributed by atoms with Crippen LogP contribution in [0.1, 0.15) is 51.0 Å². The fourth-order valence-corrected chi connectivity index (χ4v) is 2.89. The van der Waals surface area contributed by atoms with Crippen molar-refractivity contribution in [1.29, 1.82) is 0 Å². The molecule has 0 radical (unpaired) electrons. The van der Waals surface area contributed by atoms with Crippen LogP contribution < -0.4 is 10.1 Å². The molecule has 0 aromatic heterocycles. The van der Waals surface area contributed by atoms with E-state index in [1.54, 1.807) is 0 Å². The summed E-state index contributed by atoms with van der Waals surface area (Å²) in [5.74, 6) is 0.533. The van der Waals surface area contributed by atoms with E-state index in [1.807, 2.05) is 32.0 Å². The summed E-state index contributed by atoms with van der Waals surface area (Å²) in [6, 6.07) is 5.70. The number of amides is 1. The van der Waals surface area contributed by atoms with Gasteiger partial charge in [-0.25, -0.2) is 0 Å². The average molecular weight is 291 g/mol. The van der Waals surface area contributed by atoms with Crippen LogP contribution in [-0.4, -0.2) is 23.2 Å². The molecule has 1 amide bonds. The fraction of sp³-hybridized carbons (Fsp3) is 0.588. The third-order valence-electron chi connectivity index (χ3n) is 3.98. The van der Waals surface area contributed by atoms with Gasteiger partial charge in [0.1, 0.15) is 5.75 Å². The quantitative estimate of drug-likeness (QED) is 0.874. The van der Waals surface area contributed by atoms with Gasteiger partial charge in [0.15, 0.2) is 0 Å². The molecule has 1 aromatic carbocycles. The van der Waals surface area contributed by atoms with E-state index in [-0.39, 0.29) is 12.3 Å². The SMILES string of the molecule is CCOc1cc(C)ccc1NC(=O)CC1(O)CCCCC1. The first-order valence-corrected chi connectivity index (χ1v) is 7.78. The van der Waals surface area contributed by atoms with E-state index in [4.69, 9.17) is 4.74 Å². The fourth-order valence-electron chi connectivity index (χ4n) is 2.89. The molecular weight excluding hydrogens is 266 g/mol. The molecule has 1 aliphatic carbocycles. The number of hydrogen-bond donors (Lipinski definition) is 2. The number of carbonyl (C=O) groups excluding carboxylic acids is 1. The highest BCUT2D eigenvalue weighted by molar-refractivity contribution is 5.93. The Hall–Kier alpha value is -1.55. The van der Waals surface area contributed by atoms with Crippen molar-refractivity contribution in [3.63, 3.8) is 0 Å². The molecule has 0 saturated heterocycles. The summed E-state index contributed by atoms with van der Waals surface area (Å²) in [7, 11) is 0. The summed E-state index contributed by atoms with van der Waals surface area (Å²) in [5.41, 5.74) is 0.924. The maximum atomic E-state index is 12.2. The molecule has 2 N–H and O–H groups in total. The van der Waals surface area contributed by atoms with Crippen LogP contribution in [0.3, 0.4) is 0 Å². The van der Waals surface area contributed by atoms with E-state index in [0.717, 1.165) is 24.8 Å². The number of carbonyl (C=O) groups is 1. The highest BCUT2D eigenvalue weighted by Gasteiger charge is 2.31. The molecule has 0 aliphatic heterocycles. The summed E-state index contributed by atoms with van der Waals surface area (Å²) in [6.45, 7) is 4.45. The number of rotatable bonds is 5. The van der Waals surface area contributed by atoms with Gasteiger partial charge in [0.05, 0.1) is 24.3 Å². The lowest BCUT2D eigenvalue weighted by atomic mass is 9.82. The second-order valence-corrected chi connectivity index (χ2v) is 5.94. The Kier molecular flexibility index (Phi) is 5.23. The molecule has 21 heavy (non-hydrogen) atoms. The first-order chi connectivity index (χ1) is 10.0. The Morgan fingerprint density at radius 1 is 1.33 bits per heavy atom. The normalized spacial score (nSPS) is 17.3. The number of aryl methyl sites for hydroxylation is 1. The predicted octanol–water partition coefficient (Wildman–Crippen LogP) is 3.42. The van der Waals surface area contributed by atoms with Gasteiger partial charge in [0, 0.05) is 0 Å². The standard InChI is InChI=1S/C17H25NO3/c1-3-21-15-11-13(2)7-8-14(15)18-16(19)12-17(20)9-5-4-6-10-17/h7-8,11,20H,3-6,9-10,12H2,1-2H3,(H,18,19). The third-order valence-corrected chi connectivity index (χ3v) is 3.98. The summed E-state index contributed by atoms with van der Waals surface area (Å²) in [4.78, 5) is 12.2. The maximum absolute atomic E-state index is 12.2. The van der Waals surface area contributed by atoms with Gasteiger partial charge in [-0.05, 0) is 44.4 Å². The van der Waals surface area contributed by atoms with Crippen molar-refractivity contribution >= 4 is 11.6 Å². The van der Waals surface area contributed by atoms with E-state index in [2.05, 4.69) is 5.32 Å². The number of benzene rings is 1. The highest BCUT2D eigenvalue weighted by Crippen LogP contribution is 2.32. The van der Waals surface area contributed by atoms with Gasteiger partial charge in [0.2, 0.25) is 5.91 Å². The van der Waals surface area contributed by atoms with Crippen molar-refractivity contribution in [1.82, 2.24) is 0 Å². The van der Waals surface area contributed by atoms with E-state index in [9.17, 15) is 9.90 Å². The van der Waals surface area contributed by atoms with Gasteiger partial charge in [0.25, 0.3) is 0 Å².